The van der Waals surface area contributed by atoms with Gasteiger partial charge >= 0.3 is 0 Å². The average Bonchev–Trinajstić information content (AvgIpc) is 2.75. The first-order chi connectivity index (χ1) is 7.09. The largest absolute Gasteiger partial charge is 0.348 e. The van der Waals surface area contributed by atoms with Gasteiger partial charge in [-0.05, 0) is 13.3 Å². The van der Waals surface area contributed by atoms with E-state index in [1.165, 1.54) is 6.33 Å². The van der Waals surface area contributed by atoms with Gasteiger partial charge in [0.15, 0.2) is 0 Å². The maximum Gasteiger partial charge on any atom is 0.219 e. The normalized spacial score (nSPS) is 25.6. The van der Waals surface area contributed by atoms with Gasteiger partial charge < -0.3 is 10.2 Å². The minimum absolute atomic E-state index is 0.106. The third-order valence-electron chi connectivity index (χ3n) is 2.75. The second kappa shape index (κ2) is 3.52. The van der Waals surface area contributed by atoms with Gasteiger partial charge in [-0.25, -0.2) is 10.1 Å². The molecule has 1 fully saturated rings. The zero-order chi connectivity index (χ0) is 10.9. The number of carbonyl (C=O) groups is 1. The topological polar surface area (TPSA) is 73.9 Å². The van der Waals surface area contributed by atoms with Crippen LogP contribution in [0.4, 0.5) is 5.95 Å². The van der Waals surface area contributed by atoms with Crippen LogP contribution >= 0.6 is 0 Å². The molecule has 15 heavy (non-hydrogen) atoms. The highest BCUT2D eigenvalue weighted by Crippen LogP contribution is 2.23. The van der Waals surface area contributed by atoms with Gasteiger partial charge in [-0.15, -0.1) is 0 Å². The fourth-order valence-electron chi connectivity index (χ4n) is 1.88. The van der Waals surface area contributed by atoms with Crippen LogP contribution < -0.4 is 5.32 Å². The zero-order valence-corrected chi connectivity index (χ0v) is 8.95. The predicted octanol–water partition coefficient (Wildman–Crippen LogP) is 0.227. The lowest BCUT2D eigenvalue weighted by molar-refractivity contribution is -0.127. The van der Waals surface area contributed by atoms with Gasteiger partial charge in [0.05, 0.1) is 5.54 Å². The Morgan fingerprint density at radius 1 is 1.73 bits per heavy atom. The number of anilines is 1. The number of nitrogens with zero attached hydrogens (tertiary/aromatic N) is 3. The summed E-state index contributed by atoms with van der Waals surface area (Å²) in [6.45, 7) is 5.19. The van der Waals surface area contributed by atoms with Crippen molar-refractivity contribution in [3.8, 4) is 0 Å². The van der Waals surface area contributed by atoms with Crippen LogP contribution in [-0.2, 0) is 4.79 Å². The fraction of sp³-hybridized carbons (Fsp3) is 0.667. The number of rotatable bonds is 2. The monoisotopic (exact) mass is 209 g/mol. The summed E-state index contributed by atoms with van der Waals surface area (Å²) >= 11 is 0. The summed E-state index contributed by atoms with van der Waals surface area (Å²) in [6, 6.07) is 0. The van der Waals surface area contributed by atoms with Gasteiger partial charge in [-0.3, -0.25) is 4.79 Å². The second-order valence-electron chi connectivity index (χ2n) is 4.21. The number of aromatic nitrogens is 3. The van der Waals surface area contributed by atoms with E-state index in [1.54, 1.807) is 6.92 Å². The Hall–Kier alpha value is -1.59. The van der Waals surface area contributed by atoms with Crippen molar-refractivity contribution in [1.29, 1.82) is 0 Å². The Balaban J connectivity index is 2.01. The molecule has 1 saturated heterocycles. The Kier molecular flexibility index (Phi) is 2.34. The Morgan fingerprint density at radius 2 is 2.53 bits per heavy atom. The molecule has 6 heteroatoms. The number of hydrogen-bond donors (Lipinski definition) is 2. The molecule has 1 amide bonds. The van der Waals surface area contributed by atoms with E-state index in [4.69, 9.17) is 0 Å². The van der Waals surface area contributed by atoms with Crippen molar-refractivity contribution in [3.63, 3.8) is 0 Å². The van der Waals surface area contributed by atoms with Gasteiger partial charge in [0.25, 0.3) is 0 Å². The average molecular weight is 209 g/mol. The minimum atomic E-state index is -0.106. The molecule has 2 rings (SSSR count). The molecule has 1 unspecified atom stereocenters. The van der Waals surface area contributed by atoms with Crippen molar-refractivity contribution in [1.82, 2.24) is 20.1 Å². The van der Waals surface area contributed by atoms with Crippen molar-refractivity contribution in [3.05, 3.63) is 6.33 Å². The van der Waals surface area contributed by atoms with Crippen LogP contribution in [0.3, 0.4) is 0 Å². The summed E-state index contributed by atoms with van der Waals surface area (Å²) in [5, 5.41) is 9.79. The highest BCUT2D eigenvalue weighted by molar-refractivity contribution is 5.73. The van der Waals surface area contributed by atoms with Crippen LogP contribution in [0.15, 0.2) is 6.33 Å². The summed E-state index contributed by atoms with van der Waals surface area (Å²) in [4.78, 5) is 17.0. The van der Waals surface area contributed by atoms with Gasteiger partial charge in [-0.2, -0.15) is 5.10 Å². The summed E-state index contributed by atoms with van der Waals surface area (Å²) in [5.74, 6) is 0.779. The summed E-state index contributed by atoms with van der Waals surface area (Å²) in [6.07, 6.45) is 2.39. The highest BCUT2D eigenvalue weighted by Gasteiger charge is 2.35. The molecule has 0 radical (unpaired) electrons. The Labute approximate surface area is 88.1 Å². The zero-order valence-electron chi connectivity index (χ0n) is 8.95. The smallest absolute Gasteiger partial charge is 0.219 e. The molecule has 6 nitrogen and oxygen atoms in total. The van der Waals surface area contributed by atoms with Gasteiger partial charge in [0.2, 0.25) is 11.9 Å². The molecule has 2 heterocycles. The quantitative estimate of drug-likeness (QED) is 0.731. The van der Waals surface area contributed by atoms with E-state index >= 15 is 0 Å². The SMILES string of the molecule is CC(=O)N1CCC(C)(Nc2ncn[nH]2)C1. The Bertz CT molecular complexity index is 349. The molecule has 0 bridgehead atoms. The lowest BCUT2D eigenvalue weighted by atomic mass is 10.0. The number of nitrogens with one attached hydrogen (secondary N) is 2. The molecular formula is C9H15N5O. The molecular weight excluding hydrogens is 194 g/mol. The second-order valence-corrected chi connectivity index (χ2v) is 4.21. The van der Waals surface area contributed by atoms with Crippen molar-refractivity contribution >= 4 is 11.9 Å². The molecule has 1 atom stereocenters. The maximum absolute atomic E-state index is 11.2. The molecule has 0 aliphatic carbocycles. The number of H-pyrrole nitrogens is 1. The standard InChI is InChI=1S/C9H15N5O/c1-7(15)14-4-3-9(2,5-14)12-8-10-6-11-13-8/h6H,3-5H2,1-2H3,(H2,10,11,12,13). The van der Waals surface area contributed by atoms with Crippen LogP contribution in [0.5, 0.6) is 0 Å². The van der Waals surface area contributed by atoms with Crippen LogP contribution in [0.1, 0.15) is 20.3 Å². The molecule has 1 aromatic rings. The lowest BCUT2D eigenvalue weighted by Crippen LogP contribution is -2.39. The van der Waals surface area contributed by atoms with Crippen LogP contribution in [0.25, 0.3) is 0 Å². The lowest BCUT2D eigenvalue weighted by Gasteiger charge is -2.25. The molecule has 0 saturated carbocycles. The first-order valence-electron chi connectivity index (χ1n) is 4.98. The molecule has 1 aliphatic heterocycles. The van der Waals surface area contributed by atoms with E-state index < -0.39 is 0 Å². The molecule has 2 N–H and O–H groups in total. The number of amides is 1. The third-order valence-corrected chi connectivity index (χ3v) is 2.75. The minimum Gasteiger partial charge on any atom is -0.348 e. The molecule has 0 aromatic carbocycles. The van der Waals surface area contributed by atoms with Crippen LogP contribution in [-0.4, -0.2) is 44.6 Å². The van der Waals surface area contributed by atoms with E-state index in [9.17, 15) is 4.79 Å². The molecule has 0 spiro atoms. The van der Waals surface area contributed by atoms with Crippen molar-refractivity contribution in [2.45, 2.75) is 25.8 Å². The fourth-order valence-corrected chi connectivity index (χ4v) is 1.88. The summed E-state index contributed by atoms with van der Waals surface area (Å²) in [5.41, 5.74) is -0.106. The summed E-state index contributed by atoms with van der Waals surface area (Å²) < 4.78 is 0. The van der Waals surface area contributed by atoms with E-state index in [-0.39, 0.29) is 11.4 Å². The number of likely N-dealkylation sites (tertiary alicyclic amines) is 1. The van der Waals surface area contributed by atoms with Crippen LogP contribution in [0, 0.1) is 0 Å². The van der Waals surface area contributed by atoms with E-state index in [0.29, 0.717) is 12.5 Å². The summed E-state index contributed by atoms with van der Waals surface area (Å²) in [7, 11) is 0. The number of carbonyl (C=O) groups excluding carboxylic acids is 1. The van der Waals surface area contributed by atoms with Gasteiger partial charge in [-0.1, -0.05) is 0 Å². The number of aromatic amines is 1. The molecule has 1 aliphatic rings. The van der Waals surface area contributed by atoms with Gasteiger partial charge in [0.1, 0.15) is 6.33 Å². The van der Waals surface area contributed by atoms with Crippen molar-refractivity contribution in [2.75, 3.05) is 18.4 Å². The maximum atomic E-state index is 11.2. The molecule has 82 valence electrons. The van der Waals surface area contributed by atoms with Crippen molar-refractivity contribution in [2.24, 2.45) is 0 Å². The van der Waals surface area contributed by atoms with E-state index in [0.717, 1.165) is 13.0 Å². The Morgan fingerprint density at radius 3 is 3.07 bits per heavy atom. The first-order valence-corrected chi connectivity index (χ1v) is 4.98. The third kappa shape index (κ3) is 2.08. The van der Waals surface area contributed by atoms with Crippen LogP contribution in [0.2, 0.25) is 0 Å². The number of hydrogen-bond acceptors (Lipinski definition) is 4. The van der Waals surface area contributed by atoms with Crippen molar-refractivity contribution < 1.29 is 4.79 Å². The highest BCUT2D eigenvalue weighted by atomic mass is 16.2. The molecule has 1 aromatic heterocycles. The van der Waals surface area contributed by atoms with E-state index in [1.807, 2.05) is 4.90 Å². The van der Waals surface area contributed by atoms with E-state index in [2.05, 4.69) is 27.4 Å². The predicted molar refractivity (Wildman–Crippen MR) is 55.3 cm³/mol. The van der Waals surface area contributed by atoms with Gasteiger partial charge in [0, 0.05) is 20.0 Å². The first kappa shape index (κ1) is 9.95.